The van der Waals surface area contributed by atoms with Crippen LogP contribution < -0.4 is 5.32 Å². The van der Waals surface area contributed by atoms with Crippen LogP contribution in [0, 0.1) is 0 Å². The average Bonchev–Trinajstić information content (AvgIpc) is 2.66. The molecule has 0 aromatic heterocycles. The fourth-order valence-electron chi connectivity index (χ4n) is 4.04. The lowest BCUT2D eigenvalue weighted by atomic mass is 9.89. The summed E-state index contributed by atoms with van der Waals surface area (Å²) >= 11 is 1.98. The minimum absolute atomic E-state index is 0.144. The third kappa shape index (κ3) is 4.27. The number of nitrogens with zero attached hydrogens (tertiary/aromatic N) is 1. The lowest BCUT2D eigenvalue weighted by molar-refractivity contribution is 0.0607. The number of Topliss-reactive ketones (excluding diaryl/α,β-unsaturated/α-hetero) is 1. The Morgan fingerprint density at radius 2 is 1.88 bits per heavy atom. The van der Waals surface area contributed by atoms with Crippen LogP contribution in [0.25, 0.3) is 0 Å². The predicted molar refractivity (Wildman–Crippen MR) is 101 cm³/mol. The standard InChI is InChI=1S/C20H28N2O2S/c23-20(19-14-24-11-8-21-19)15-4-6-17(7-5-15)25-18-12-16(13-18)22-9-2-1-3-10-22/h4-7,16,18-19,21H,1-3,8-14H2. The number of hydrogen-bond donors (Lipinski definition) is 1. The Morgan fingerprint density at radius 1 is 1.12 bits per heavy atom. The Labute approximate surface area is 154 Å². The summed E-state index contributed by atoms with van der Waals surface area (Å²) in [6.45, 7) is 4.54. The van der Waals surface area contributed by atoms with E-state index in [0.717, 1.165) is 23.4 Å². The van der Waals surface area contributed by atoms with Crippen molar-refractivity contribution in [3.8, 4) is 0 Å². The van der Waals surface area contributed by atoms with Gasteiger partial charge in [-0.25, -0.2) is 0 Å². The van der Waals surface area contributed by atoms with Gasteiger partial charge in [-0.15, -0.1) is 11.8 Å². The van der Waals surface area contributed by atoms with Gasteiger partial charge in [0.25, 0.3) is 0 Å². The second kappa shape index (κ2) is 8.21. The van der Waals surface area contributed by atoms with E-state index >= 15 is 0 Å². The number of carbonyl (C=O) groups excluding carboxylic acids is 1. The zero-order valence-corrected chi connectivity index (χ0v) is 15.6. The molecule has 2 saturated heterocycles. The van der Waals surface area contributed by atoms with Crippen molar-refractivity contribution >= 4 is 17.5 Å². The van der Waals surface area contributed by atoms with Crippen LogP contribution in [-0.4, -0.2) is 60.9 Å². The molecular weight excluding hydrogens is 332 g/mol. The van der Waals surface area contributed by atoms with Crippen LogP contribution in [0.5, 0.6) is 0 Å². The molecule has 0 radical (unpaired) electrons. The molecule has 2 aliphatic heterocycles. The second-order valence-corrected chi connectivity index (χ2v) is 8.81. The highest BCUT2D eigenvalue weighted by atomic mass is 32.2. The van der Waals surface area contributed by atoms with E-state index in [9.17, 15) is 4.79 Å². The molecule has 3 fully saturated rings. The van der Waals surface area contributed by atoms with E-state index in [1.54, 1.807) is 0 Å². The lowest BCUT2D eigenvalue weighted by Gasteiger charge is -2.44. The Kier molecular flexibility index (Phi) is 5.76. The Bertz CT molecular complexity index is 574. The van der Waals surface area contributed by atoms with Crippen LogP contribution >= 0.6 is 11.8 Å². The number of rotatable bonds is 5. The molecule has 5 heteroatoms. The Balaban J connectivity index is 1.26. The van der Waals surface area contributed by atoms with Gasteiger partial charge in [0.2, 0.25) is 0 Å². The molecule has 0 amide bonds. The molecule has 1 atom stereocenters. The summed E-state index contributed by atoms with van der Waals surface area (Å²) in [6.07, 6.45) is 6.80. The van der Waals surface area contributed by atoms with Gasteiger partial charge in [-0.3, -0.25) is 4.79 Å². The van der Waals surface area contributed by atoms with Crippen LogP contribution in [0.3, 0.4) is 0 Å². The van der Waals surface area contributed by atoms with Crippen LogP contribution in [0.2, 0.25) is 0 Å². The Hall–Kier alpha value is -0.880. The summed E-state index contributed by atoms with van der Waals surface area (Å²) in [5.41, 5.74) is 0.784. The number of ether oxygens (including phenoxy) is 1. The molecule has 1 unspecified atom stereocenters. The van der Waals surface area contributed by atoms with Crippen molar-refractivity contribution in [2.75, 3.05) is 32.8 Å². The summed E-state index contributed by atoms with van der Waals surface area (Å²) in [7, 11) is 0. The van der Waals surface area contributed by atoms with E-state index in [0.29, 0.717) is 13.2 Å². The number of nitrogens with one attached hydrogen (secondary N) is 1. The van der Waals surface area contributed by atoms with Crippen LogP contribution in [0.1, 0.15) is 42.5 Å². The van der Waals surface area contributed by atoms with Gasteiger partial charge in [0.1, 0.15) is 0 Å². The highest BCUT2D eigenvalue weighted by molar-refractivity contribution is 8.00. The number of piperidine rings is 1. The summed E-state index contributed by atoms with van der Waals surface area (Å²) in [6, 6.07) is 8.79. The Morgan fingerprint density at radius 3 is 2.56 bits per heavy atom. The zero-order chi connectivity index (χ0) is 17.1. The van der Waals surface area contributed by atoms with Crippen molar-refractivity contribution in [2.45, 2.75) is 54.3 Å². The first-order valence-corrected chi connectivity index (χ1v) is 10.5. The van der Waals surface area contributed by atoms with Crippen molar-refractivity contribution in [1.82, 2.24) is 10.2 Å². The monoisotopic (exact) mass is 360 g/mol. The van der Waals surface area contributed by atoms with Gasteiger partial charge in [0.15, 0.2) is 5.78 Å². The van der Waals surface area contributed by atoms with Crippen molar-refractivity contribution < 1.29 is 9.53 Å². The van der Waals surface area contributed by atoms with E-state index in [4.69, 9.17) is 4.74 Å². The van der Waals surface area contributed by atoms with E-state index in [-0.39, 0.29) is 11.8 Å². The van der Waals surface area contributed by atoms with Gasteiger partial charge in [-0.05, 0) is 50.9 Å². The van der Waals surface area contributed by atoms with Gasteiger partial charge in [-0.2, -0.15) is 0 Å². The van der Waals surface area contributed by atoms with E-state index in [2.05, 4.69) is 22.3 Å². The highest BCUT2D eigenvalue weighted by Crippen LogP contribution is 2.39. The first-order valence-electron chi connectivity index (χ1n) is 9.66. The van der Waals surface area contributed by atoms with Crippen molar-refractivity contribution in [3.63, 3.8) is 0 Å². The quantitative estimate of drug-likeness (QED) is 0.818. The SMILES string of the molecule is O=C(c1ccc(SC2CC(N3CCCCC3)C2)cc1)C1COCCN1. The maximum atomic E-state index is 12.5. The summed E-state index contributed by atoms with van der Waals surface area (Å²) in [5.74, 6) is 0.144. The van der Waals surface area contributed by atoms with Gasteiger partial charge < -0.3 is 15.0 Å². The van der Waals surface area contributed by atoms with Crippen LogP contribution in [-0.2, 0) is 4.74 Å². The molecule has 1 aromatic rings. The molecule has 1 aromatic carbocycles. The number of morpholine rings is 1. The largest absolute Gasteiger partial charge is 0.378 e. The molecular formula is C20H28N2O2S. The number of benzene rings is 1. The molecule has 4 rings (SSSR count). The summed E-state index contributed by atoms with van der Waals surface area (Å²) in [5, 5.41) is 3.97. The molecule has 0 bridgehead atoms. The van der Waals surface area contributed by atoms with Crippen molar-refractivity contribution in [3.05, 3.63) is 29.8 Å². The average molecular weight is 361 g/mol. The zero-order valence-electron chi connectivity index (χ0n) is 14.8. The predicted octanol–water partition coefficient (Wildman–Crippen LogP) is 2.97. The van der Waals surface area contributed by atoms with Gasteiger partial charge in [-0.1, -0.05) is 18.6 Å². The molecule has 4 nitrogen and oxygen atoms in total. The van der Waals surface area contributed by atoms with E-state index < -0.39 is 0 Å². The molecule has 25 heavy (non-hydrogen) atoms. The minimum Gasteiger partial charge on any atom is -0.378 e. The molecule has 136 valence electrons. The third-order valence-corrected chi connectivity index (χ3v) is 6.92. The topological polar surface area (TPSA) is 41.6 Å². The molecule has 1 N–H and O–H groups in total. The van der Waals surface area contributed by atoms with E-state index in [1.165, 1.54) is 50.1 Å². The number of ketones is 1. The smallest absolute Gasteiger partial charge is 0.182 e. The fourth-order valence-corrected chi connectivity index (χ4v) is 5.36. The molecule has 3 aliphatic rings. The normalized spacial score (nSPS) is 30.6. The summed E-state index contributed by atoms with van der Waals surface area (Å²) in [4.78, 5) is 16.4. The molecule has 1 saturated carbocycles. The maximum absolute atomic E-state index is 12.5. The second-order valence-electron chi connectivity index (χ2n) is 7.43. The minimum atomic E-state index is -0.191. The first kappa shape index (κ1) is 17.5. The molecule has 1 aliphatic carbocycles. The third-order valence-electron chi connectivity index (χ3n) is 5.66. The highest BCUT2D eigenvalue weighted by Gasteiger charge is 2.34. The van der Waals surface area contributed by atoms with Crippen LogP contribution in [0.15, 0.2) is 29.2 Å². The maximum Gasteiger partial charge on any atom is 0.182 e. The number of carbonyl (C=O) groups is 1. The van der Waals surface area contributed by atoms with Gasteiger partial charge >= 0.3 is 0 Å². The number of likely N-dealkylation sites (tertiary alicyclic amines) is 1. The van der Waals surface area contributed by atoms with Crippen molar-refractivity contribution in [1.29, 1.82) is 0 Å². The fraction of sp³-hybridized carbons (Fsp3) is 0.650. The number of hydrogen-bond acceptors (Lipinski definition) is 5. The van der Waals surface area contributed by atoms with Gasteiger partial charge in [0.05, 0.1) is 19.3 Å². The van der Waals surface area contributed by atoms with Gasteiger partial charge in [0, 0.05) is 28.3 Å². The first-order chi connectivity index (χ1) is 12.3. The van der Waals surface area contributed by atoms with E-state index in [1.807, 2.05) is 23.9 Å². The van der Waals surface area contributed by atoms with Crippen molar-refractivity contribution in [2.24, 2.45) is 0 Å². The lowest BCUT2D eigenvalue weighted by Crippen LogP contribution is -2.48. The molecule has 2 heterocycles. The summed E-state index contributed by atoms with van der Waals surface area (Å²) < 4.78 is 5.39. The number of thioether (sulfide) groups is 1. The van der Waals surface area contributed by atoms with Crippen LogP contribution in [0.4, 0.5) is 0 Å². The molecule has 0 spiro atoms.